The first-order valence-corrected chi connectivity index (χ1v) is 11.7. The molecule has 0 fully saturated rings. The maximum absolute atomic E-state index is 15.1. The minimum absolute atomic E-state index is 0.0734. The van der Waals surface area contributed by atoms with E-state index in [0.717, 1.165) is 11.8 Å². The smallest absolute Gasteiger partial charge is 0.211 e. The van der Waals surface area contributed by atoms with Crippen molar-refractivity contribution in [2.75, 3.05) is 25.6 Å². The third-order valence-electron chi connectivity index (χ3n) is 5.99. The summed E-state index contributed by atoms with van der Waals surface area (Å²) in [5, 5.41) is 17.1. The van der Waals surface area contributed by atoms with Crippen molar-refractivity contribution in [1.29, 1.82) is 0 Å². The monoisotopic (exact) mass is 524 g/mol. The summed E-state index contributed by atoms with van der Waals surface area (Å²) in [7, 11) is 1.41. The van der Waals surface area contributed by atoms with Gasteiger partial charge in [0.2, 0.25) is 5.82 Å². The first-order valence-electron chi connectivity index (χ1n) is 11.7. The van der Waals surface area contributed by atoms with Crippen LogP contribution in [0.4, 0.5) is 19.0 Å². The number of nitrogens with one attached hydrogen (secondary N) is 2. The second-order valence-electron chi connectivity index (χ2n) is 8.29. The molecule has 13 heteroatoms. The van der Waals surface area contributed by atoms with Crippen LogP contribution in [-0.2, 0) is 6.54 Å². The Morgan fingerprint density at radius 3 is 2.61 bits per heavy atom. The number of methoxy groups -OCH3 is 1. The van der Waals surface area contributed by atoms with E-state index in [1.54, 1.807) is 29.7 Å². The van der Waals surface area contributed by atoms with E-state index in [2.05, 4.69) is 35.9 Å². The van der Waals surface area contributed by atoms with Crippen molar-refractivity contribution in [1.82, 2.24) is 35.2 Å². The topological polar surface area (TPSA) is 116 Å². The lowest BCUT2D eigenvalue weighted by Crippen LogP contribution is -2.13. The van der Waals surface area contributed by atoms with Crippen LogP contribution in [0.25, 0.3) is 33.5 Å². The second kappa shape index (κ2) is 10.4. The summed E-state index contributed by atoms with van der Waals surface area (Å²) in [6.45, 7) is 4.55. The van der Waals surface area contributed by atoms with Gasteiger partial charge in [-0.15, -0.1) is 10.2 Å². The standard InChI is InChI=1S/C25H23F3N8O2/c1-4-38-20-9-14(8-16(26)22(20)25-32-34-35-33-25)18-11-21(31-12-30-18)29-5-6-36-13(2)7-15-19(37-3)10-17(27)23(28)24(15)36/h7-12H,4-6H2,1-3H3,(H,29,30,31)(H,32,33,34,35). The normalized spacial score (nSPS) is 11.2. The van der Waals surface area contributed by atoms with Gasteiger partial charge in [-0.2, -0.15) is 5.21 Å². The fourth-order valence-electron chi connectivity index (χ4n) is 4.32. The number of fused-ring (bicyclic) bond motifs is 1. The van der Waals surface area contributed by atoms with Crippen molar-refractivity contribution < 1.29 is 22.6 Å². The molecule has 0 aliphatic heterocycles. The van der Waals surface area contributed by atoms with Crippen LogP contribution < -0.4 is 14.8 Å². The molecule has 0 radical (unpaired) electrons. The van der Waals surface area contributed by atoms with Crippen LogP contribution in [0.1, 0.15) is 12.6 Å². The zero-order valence-corrected chi connectivity index (χ0v) is 20.7. The van der Waals surface area contributed by atoms with E-state index < -0.39 is 17.5 Å². The lowest BCUT2D eigenvalue weighted by Gasteiger charge is -2.13. The maximum atomic E-state index is 15.1. The van der Waals surface area contributed by atoms with Gasteiger partial charge in [0.15, 0.2) is 11.6 Å². The van der Waals surface area contributed by atoms with Crippen LogP contribution in [0.3, 0.4) is 0 Å². The molecule has 10 nitrogen and oxygen atoms in total. The molecule has 5 aromatic rings. The quantitative estimate of drug-likeness (QED) is 0.289. The molecule has 0 amide bonds. The Morgan fingerprint density at radius 1 is 1.03 bits per heavy atom. The van der Waals surface area contributed by atoms with Crippen LogP contribution in [0.5, 0.6) is 11.5 Å². The number of hydrogen-bond donors (Lipinski definition) is 2. The molecular weight excluding hydrogens is 501 g/mol. The summed E-state index contributed by atoms with van der Waals surface area (Å²) in [6.07, 6.45) is 1.35. The summed E-state index contributed by atoms with van der Waals surface area (Å²) in [6, 6.07) is 7.39. The van der Waals surface area contributed by atoms with Gasteiger partial charge in [0.25, 0.3) is 0 Å². The molecule has 0 aliphatic rings. The summed E-state index contributed by atoms with van der Waals surface area (Å²) in [5.74, 6) is -1.46. The molecule has 0 bridgehead atoms. The van der Waals surface area contributed by atoms with Crippen LogP contribution in [0, 0.1) is 24.4 Å². The Morgan fingerprint density at radius 2 is 1.87 bits per heavy atom. The molecule has 2 aromatic carbocycles. The molecular formula is C25H23F3N8O2. The highest BCUT2D eigenvalue weighted by Gasteiger charge is 2.20. The highest BCUT2D eigenvalue weighted by atomic mass is 19.2. The average molecular weight is 525 g/mol. The maximum Gasteiger partial charge on any atom is 0.211 e. The molecule has 196 valence electrons. The van der Waals surface area contributed by atoms with E-state index in [1.807, 2.05) is 6.92 Å². The molecule has 0 unspecified atom stereocenters. The number of aromatic nitrogens is 7. The third kappa shape index (κ3) is 4.58. The number of rotatable bonds is 9. The van der Waals surface area contributed by atoms with Crippen molar-refractivity contribution in [2.45, 2.75) is 20.4 Å². The predicted octanol–water partition coefficient (Wildman–Crippen LogP) is 4.52. The van der Waals surface area contributed by atoms with Gasteiger partial charge in [0, 0.05) is 41.9 Å². The second-order valence-corrected chi connectivity index (χ2v) is 8.29. The average Bonchev–Trinajstić information content (AvgIpc) is 3.55. The molecule has 0 atom stereocenters. The molecule has 0 saturated carbocycles. The molecule has 0 aliphatic carbocycles. The summed E-state index contributed by atoms with van der Waals surface area (Å²) in [5.41, 5.74) is 1.87. The Labute approximate surface area is 214 Å². The largest absolute Gasteiger partial charge is 0.496 e. The van der Waals surface area contributed by atoms with Gasteiger partial charge in [0.05, 0.1) is 24.9 Å². The SMILES string of the molecule is CCOc1cc(-c2cc(NCCn3c(C)cc4c(OC)cc(F)c(F)c43)ncn2)cc(F)c1-c1nn[nH]n1. The molecule has 3 heterocycles. The minimum atomic E-state index is -0.980. The number of ether oxygens (including phenoxy) is 2. The van der Waals surface area contributed by atoms with Crippen molar-refractivity contribution >= 4 is 16.7 Å². The number of anilines is 1. The number of halogens is 3. The number of aromatic amines is 1. The van der Waals surface area contributed by atoms with Crippen LogP contribution >= 0.6 is 0 Å². The van der Waals surface area contributed by atoms with Crippen molar-refractivity contribution in [2.24, 2.45) is 0 Å². The highest BCUT2D eigenvalue weighted by molar-refractivity contribution is 5.88. The number of H-pyrrole nitrogens is 1. The first kappa shape index (κ1) is 25.0. The lowest BCUT2D eigenvalue weighted by atomic mass is 10.1. The third-order valence-corrected chi connectivity index (χ3v) is 5.99. The lowest BCUT2D eigenvalue weighted by molar-refractivity contribution is 0.340. The molecule has 3 aromatic heterocycles. The Kier molecular flexibility index (Phi) is 6.81. The summed E-state index contributed by atoms with van der Waals surface area (Å²) < 4.78 is 56.4. The summed E-state index contributed by atoms with van der Waals surface area (Å²) in [4.78, 5) is 8.49. The highest BCUT2D eigenvalue weighted by Crippen LogP contribution is 2.35. The van der Waals surface area contributed by atoms with Gasteiger partial charge in [0.1, 0.15) is 35.0 Å². The van der Waals surface area contributed by atoms with E-state index in [-0.39, 0.29) is 28.4 Å². The summed E-state index contributed by atoms with van der Waals surface area (Å²) >= 11 is 0. The molecule has 2 N–H and O–H groups in total. The molecule has 0 saturated heterocycles. The fourth-order valence-corrected chi connectivity index (χ4v) is 4.32. The van der Waals surface area contributed by atoms with E-state index in [4.69, 9.17) is 9.47 Å². The molecule has 5 rings (SSSR count). The van der Waals surface area contributed by atoms with Gasteiger partial charge >= 0.3 is 0 Å². The minimum Gasteiger partial charge on any atom is -0.496 e. The van der Waals surface area contributed by atoms with Crippen LogP contribution in [-0.4, -0.2) is 55.4 Å². The van der Waals surface area contributed by atoms with E-state index in [9.17, 15) is 8.78 Å². The predicted molar refractivity (Wildman–Crippen MR) is 133 cm³/mol. The van der Waals surface area contributed by atoms with Gasteiger partial charge < -0.3 is 19.4 Å². The Balaban J connectivity index is 1.39. The van der Waals surface area contributed by atoms with Crippen molar-refractivity contribution in [3.63, 3.8) is 0 Å². The van der Waals surface area contributed by atoms with Gasteiger partial charge in [-0.3, -0.25) is 0 Å². The van der Waals surface area contributed by atoms with Gasteiger partial charge in [-0.25, -0.2) is 23.1 Å². The van der Waals surface area contributed by atoms with Gasteiger partial charge in [-0.1, -0.05) is 0 Å². The van der Waals surface area contributed by atoms with Crippen LogP contribution in [0.15, 0.2) is 36.7 Å². The molecule has 0 spiro atoms. The van der Waals surface area contributed by atoms with Crippen LogP contribution in [0.2, 0.25) is 0 Å². The first-order chi connectivity index (χ1) is 18.4. The van der Waals surface area contributed by atoms with Crippen molar-refractivity contribution in [3.8, 4) is 34.1 Å². The number of benzene rings is 2. The van der Waals surface area contributed by atoms with E-state index in [0.29, 0.717) is 42.2 Å². The molecule has 38 heavy (non-hydrogen) atoms. The zero-order chi connectivity index (χ0) is 26.8. The van der Waals surface area contributed by atoms with E-state index in [1.165, 1.54) is 19.5 Å². The number of tetrazole rings is 1. The number of aryl methyl sites for hydroxylation is 1. The number of hydrogen-bond acceptors (Lipinski definition) is 8. The fraction of sp³-hybridized carbons (Fsp3) is 0.240. The Bertz CT molecular complexity index is 1600. The van der Waals surface area contributed by atoms with E-state index >= 15 is 4.39 Å². The zero-order valence-electron chi connectivity index (χ0n) is 20.7. The Hall–Kier alpha value is -4.68. The van der Waals surface area contributed by atoms with Gasteiger partial charge in [-0.05, 0) is 37.3 Å². The number of nitrogens with zero attached hydrogens (tertiary/aromatic N) is 6. The van der Waals surface area contributed by atoms with Crippen molar-refractivity contribution in [3.05, 3.63) is 59.8 Å².